The van der Waals surface area contributed by atoms with Gasteiger partial charge in [0.1, 0.15) is 12.6 Å². The van der Waals surface area contributed by atoms with Gasteiger partial charge >= 0.3 is 0 Å². The van der Waals surface area contributed by atoms with Gasteiger partial charge in [0, 0.05) is 12.6 Å². The number of sulfonamides is 1. The summed E-state index contributed by atoms with van der Waals surface area (Å²) < 4.78 is 29.1. The van der Waals surface area contributed by atoms with E-state index in [2.05, 4.69) is 5.32 Å². The molecule has 0 bridgehead atoms. The lowest BCUT2D eigenvalue weighted by Gasteiger charge is -2.33. The van der Waals surface area contributed by atoms with Gasteiger partial charge in [-0.1, -0.05) is 60.2 Å². The molecule has 0 spiro atoms. The molecular formula is C31H39N3O4S. The third-order valence-electron chi connectivity index (χ3n) is 6.82. The molecule has 0 heterocycles. The van der Waals surface area contributed by atoms with E-state index in [1.54, 1.807) is 43.3 Å². The minimum Gasteiger partial charge on any atom is -0.352 e. The number of benzene rings is 3. The maximum atomic E-state index is 14.0. The van der Waals surface area contributed by atoms with Crippen molar-refractivity contribution >= 4 is 27.5 Å². The summed E-state index contributed by atoms with van der Waals surface area (Å²) >= 11 is 0. The summed E-state index contributed by atoms with van der Waals surface area (Å²) in [4.78, 5) is 28.5. The fraction of sp³-hybridized carbons (Fsp3) is 0.355. The number of amides is 2. The van der Waals surface area contributed by atoms with Gasteiger partial charge in [-0.25, -0.2) is 8.42 Å². The van der Waals surface area contributed by atoms with E-state index in [-0.39, 0.29) is 23.4 Å². The molecule has 208 valence electrons. The summed E-state index contributed by atoms with van der Waals surface area (Å²) in [5.41, 5.74) is 4.06. The number of hydrogen-bond donors (Lipinski definition) is 1. The van der Waals surface area contributed by atoms with Crippen molar-refractivity contribution in [1.29, 1.82) is 0 Å². The molecule has 0 aromatic heterocycles. The zero-order chi connectivity index (χ0) is 28.7. The van der Waals surface area contributed by atoms with Crippen LogP contribution in [0.2, 0.25) is 0 Å². The third-order valence-corrected chi connectivity index (χ3v) is 8.59. The molecule has 39 heavy (non-hydrogen) atoms. The molecule has 3 aromatic rings. The molecule has 0 aliphatic carbocycles. The van der Waals surface area contributed by atoms with Crippen LogP contribution in [0.4, 0.5) is 5.69 Å². The topological polar surface area (TPSA) is 86.8 Å². The number of anilines is 1. The molecule has 1 N–H and O–H groups in total. The lowest BCUT2D eigenvalue weighted by atomic mass is 10.1. The highest BCUT2D eigenvalue weighted by atomic mass is 32.2. The van der Waals surface area contributed by atoms with Crippen LogP contribution in [-0.4, -0.2) is 50.3 Å². The van der Waals surface area contributed by atoms with Crippen LogP contribution < -0.4 is 9.62 Å². The highest BCUT2D eigenvalue weighted by molar-refractivity contribution is 7.92. The molecule has 0 aliphatic rings. The van der Waals surface area contributed by atoms with Crippen molar-refractivity contribution in [2.45, 2.75) is 64.9 Å². The molecule has 8 heteroatoms. The third kappa shape index (κ3) is 7.47. The van der Waals surface area contributed by atoms with E-state index in [1.807, 2.05) is 71.0 Å². The number of aryl methyl sites for hydroxylation is 2. The van der Waals surface area contributed by atoms with Crippen molar-refractivity contribution < 1.29 is 18.0 Å². The Bertz CT molecular complexity index is 1390. The second-order valence-corrected chi connectivity index (χ2v) is 12.1. The quantitative estimate of drug-likeness (QED) is 0.373. The number of carbonyl (C=O) groups excluding carboxylic acids is 2. The van der Waals surface area contributed by atoms with Crippen molar-refractivity contribution in [2.75, 3.05) is 17.4 Å². The Morgan fingerprint density at radius 3 is 2.10 bits per heavy atom. The molecule has 0 fully saturated rings. The highest BCUT2D eigenvalue weighted by Crippen LogP contribution is 2.29. The first kappa shape index (κ1) is 29.9. The first-order valence-corrected chi connectivity index (χ1v) is 14.6. The Hall–Kier alpha value is -3.65. The van der Waals surface area contributed by atoms with Crippen LogP contribution >= 0.6 is 0 Å². The zero-order valence-corrected chi connectivity index (χ0v) is 24.5. The second kappa shape index (κ2) is 12.9. The van der Waals surface area contributed by atoms with Crippen LogP contribution in [-0.2, 0) is 26.0 Å². The van der Waals surface area contributed by atoms with Gasteiger partial charge in [0.05, 0.1) is 10.6 Å². The molecule has 0 saturated carbocycles. The summed E-state index contributed by atoms with van der Waals surface area (Å²) in [6.07, 6.45) is 0.528. The number of carbonyl (C=O) groups is 2. The molecule has 1 atom stereocenters. The molecular weight excluding hydrogens is 510 g/mol. The zero-order valence-electron chi connectivity index (χ0n) is 23.6. The Balaban J connectivity index is 2.02. The minimum absolute atomic E-state index is 0.0978. The molecule has 3 aromatic carbocycles. The lowest BCUT2D eigenvalue weighted by molar-refractivity contribution is -0.139. The predicted molar refractivity (Wildman–Crippen MR) is 156 cm³/mol. The summed E-state index contributed by atoms with van der Waals surface area (Å²) in [5, 5.41) is 2.87. The molecule has 7 nitrogen and oxygen atoms in total. The van der Waals surface area contributed by atoms with E-state index < -0.39 is 28.5 Å². The van der Waals surface area contributed by atoms with Gasteiger partial charge in [-0.05, 0) is 82.9 Å². The molecule has 0 saturated heterocycles. The molecule has 0 radical (unpaired) electrons. The van der Waals surface area contributed by atoms with E-state index in [0.717, 1.165) is 22.3 Å². The maximum absolute atomic E-state index is 14.0. The monoisotopic (exact) mass is 549 g/mol. The van der Waals surface area contributed by atoms with Gasteiger partial charge in [-0.15, -0.1) is 0 Å². The fourth-order valence-electron chi connectivity index (χ4n) is 4.33. The maximum Gasteiger partial charge on any atom is 0.264 e. The number of nitrogens with zero attached hydrogens (tertiary/aromatic N) is 2. The van der Waals surface area contributed by atoms with E-state index in [9.17, 15) is 18.0 Å². The largest absolute Gasteiger partial charge is 0.352 e. The van der Waals surface area contributed by atoms with Crippen LogP contribution in [0.3, 0.4) is 0 Å². The van der Waals surface area contributed by atoms with Crippen LogP contribution in [0.15, 0.2) is 77.7 Å². The van der Waals surface area contributed by atoms with Gasteiger partial charge in [0.25, 0.3) is 10.0 Å². The standard InChI is InChI=1S/C31H39N3O4S/c1-22(2)32-31(36)26(6)33(20-19-27-12-8-7-9-13-27)30(35)21-34(29-14-10-11-24(4)25(29)5)39(37,38)28-17-15-23(3)16-18-28/h7-18,22,26H,19-21H2,1-6H3,(H,32,36)/t26-/m0/s1. The Kier molecular flexibility index (Phi) is 9.92. The van der Waals surface area contributed by atoms with Crippen LogP contribution in [0.25, 0.3) is 0 Å². The van der Waals surface area contributed by atoms with Crippen molar-refractivity contribution in [3.63, 3.8) is 0 Å². The van der Waals surface area contributed by atoms with Gasteiger partial charge in [-0.2, -0.15) is 0 Å². The Morgan fingerprint density at radius 1 is 0.846 bits per heavy atom. The predicted octanol–water partition coefficient (Wildman–Crippen LogP) is 4.79. The average Bonchev–Trinajstić information content (AvgIpc) is 2.89. The Morgan fingerprint density at radius 2 is 1.49 bits per heavy atom. The summed E-state index contributed by atoms with van der Waals surface area (Å²) in [6, 6.07) is 20.8. The number of rotatable bonds is 11. The highest BCUT2D eigenvalue weighted by Gasteiger charge is 2.33. The summed E-state index contributed by atoms with van der Waals surface area (Å²) in [7, 11) is -4.09. The van der Waals surface area contributed by atoms with Crippen molar-refractivity contribution in [3.05, 3.63) is 95.1 Å². The second-order valence-electron chi connectivity index (χ2n) is 10.2. The van der Waals surface area contributed by atoms with E-state index >= 15 is 0 Å². The van der Waals surface area contributed by atoms with Crippen molar-refractivity contribution in [2.24, 2.45) is 0 Å². The lowest BCUT2D eigenvalue weighted by Crippen LogP contribution is -2.53. The van der Waals surface area contributed by atoms with E-state index in [1.165, 1.54) is 9.21 Å². The van der Waals surface area contributed by atoms with Gasteiger partial charge < -0.3 is 10.2 Å². The smallest absolute Gasteiger partial charge is 0.264 e. The fourth-order valence-corrected chi connectivity index (χ4v) is 5.80. The van der Waals surface area contributed by atoms with E-state index in [0.29, 0.717) is 12.1 Å². The first-order valence-electron chi connectivity index (χ1n) is 13.2. The van der Waals surface area contributed by atoms with Gasteiger partial charge in [0.2, 0.25) is 11.8 Å². The summed E-state index contributed by atoms with van der Waals surface area (Å²) in [6.45, 7) is 10.9. The van der Waals surface area contributed by atoms with Crippen LogP contribution in [0.5, 0.6) is 0 Å². The number of hydrogen-bond acceptors (Lipinski definition) is 4. The Labute approximate surface area is 232 Å². The molecule has 2 amide bonds. The van der Waals surface area contributed by atoms with E-state index in [4.69, 9.17) is 0 Å². The minimum atomic E-state index is -4.09. The van der Waals surface area contributed by atoms with Crippen molar-refractivity contribution in [1.82, 2.24) is 10.2 Å². The first-order chi connectivity index (χ1) is 18.4. The molecule has 3 rings (SSSR count). The van der Waals surface area contributed by atoms with Crippen LogP contribution in [0, 0.1) is 20.8 Å². The average molecular weight is 550 g/mol. The van der Waals surface area contributed by atoms with Crippen LogP contribution in [0.1, 0.15) is 43.0 Å². The van der Waals surface area contributed by atoms with Crippen molar-refractivity contribution in [3.8, 4) is 0 Å². The SMILES string of the molecule is Cc1ccc(S(=O)(=O)N(CC(=O)N(CCc2ccccc2)[C@@H](C)C(=O)NC(C)C)c2cccc(C)c2C)cc1. The molecule has 0 unspecified atom stereocenters. The normalized spacial score (nSPS) is 12.2. The molecule has 0 aliphatic heterocycles. The van der Waals surface area contributed by atoms with Gasteiger partial charge in [-0.3, -0.25) is 13.9 Å². The van der Waals surface area contributed by atoms with Gasteiger partial charge in [0.15, 0.2) is 0 Å². The number of nitrogens with one attached hydrogen (secondary N) is 1. The summed E-state index contributed by atoms with van der Waals surface area (Å²) in [5.74, 6) is -0.736.